The number of fused-ring (bicyclic) bond motifs is 1. The molecule has 0 aliphatic carbocycles. The van der Waals surface area contributed by atoms with Crippen molar-refractivity contribution in [3.05, 3.63) is 40.6 Å². The van der Waals surface area contributed by atoms with Crippen LogP contribution < -0.4 is 19.6 Å². The summed E-state index contributed by atoms with van der Waals surface area (Å²) in [7, 11) is 0. The minimum absolute atomic E-state index is 0.206. The number of aromatic hydroxyl groups is 2. The number of hydrogen-bond donors (Lipinski definition) is 14. The first-order valence-corrected chi connectivity index (χ1v) is 16.7. The van der Waals surface area contributed by atoms with Gasteiger partial charge < -0.3 is 104 Å². The number of aliphatic hydroxyl groups excluding tert-OH is 12. The van der Waals surface area contributed by atoms with Crippen LogP contribution in [0.2, 0.25) is 0 Å². The van der Waals surface area contributed by atoms with Crippen LogP contribution in [-0.4, -0.2) is 183 Å². The SMILES string of the molecule is O=c1c(O[C@@H]2O[C@H](CO)[C@@H](O)[C@H](O)[C@H]2O)c(-c2ccc(O[C@@H]3O[C@H](CO)[C@@H](O)[C@H](O)[C@@H]3O)c(O[C@@H]3O[C@H](CO)[C@@H](O)[C@H](O)[C@@H]3O)c2)oc2cc(O)cc(O)c12. The second kappa shape index (κ2) is 16.3. The first kappa shape index (κ1) is 40.7. The van der Waals surface area contributed by atoms with Crippen LogP contribution in [0.15, 0.2) is 39.5 Å². The van der Waals surface area contributed by atoms with E-state index in [9.17, 15) is 76.3 Å². The number of phenols is 2. The fourth-order valence-corrected chi connectivity index (χ4v) is 6.26. The van der Waals surface area contributed by atoms with Crippen molar-refractivity contribution in [1.82, 2.24) is 0 Å². The molecule has 15 atom stereocenters. The lowest BCUT2D eigenvalue weighted by Crippen LogP contribution is -2.60. The molecule has 3 aromatic rings. The fraction of sp³-hybridized carbons (Fsp3) is 0.545. The number of ether oxygens (including phenoxy) is 6. The van der Waals surface area contributed by atoms with Crippen molar-refractivity contribution >= 4 is 11.0 Å². The molecule has 0 amide bonds. The predicted octanol–water partition coefficient (Wildman–Crippen LogP) is -5.59. The average Bonchev–Trinajstić information content (AvgIpc) is 3.16. The van der Waals surface area contributed by atoms with E-state index in [4.69, 9.17) is 32.8 Å². The van der Waals surface area contributed by atoms with E-state index in [1.165, 1.54) is 6.07 Å². The zero-order chi connectivity index (χ0) is 40.0. The van der Waals surface area contributed by atoms with E-state index in [2.05, 4.69) is 0 Å². The molecule has 55 heavy (non-hydrogen) atoms. The highest BCUT2D eigenvalue weighted by atomic mass is 16.7. The number of hydrogen-bond acceptors (Lipinski definition) is 22. The van der Waals surface area contributed by atoms with Crippen molar-refractivity contribution in [2.45, 2.75) is 92.1 Å². The van der Waals surface area contributed by atoms with Crippen LogP contribution in [0.3, 0.4) is 0 Å². The summed E-state index contributed by atoms with van der Waals surface area (Å²) in [6.45, 7) is -2.53. The minimum atomic E-state index is -2.03. The van der Waals surface area contributed by atoms with Gasteiger partial charge in [-0.3, -0.25) is 4.79 Å². The maximum absolute atomic E-state index is 14.0. The Bertz CT molecular complexity index is 1870. The number of phenolic OH excluding ortho intramolecular Hbond substituents is 2. The Labute approximate surface area is 307 Å². The Morgan fingerprint density at radius 1 is 0.545 bits per heavy atom. The van der Waals surface area contributed by atoms with Gasteiger partial charge in [0.15, 0.2) is 17.3 Å². The molecule has 22 nitrogen and oxygen atoms in total. The molecule has 1 aromatic heterocycles. The number of rotatable bonds is 10. The van der Waals surface area contributed by atoms with Crippen LogP contribution in [-0.2, 0) is 14.2 Å². The van der Waals surface area contributed by atoms with E-state index in [1.807, 2.05) is 0 Å². The number of aliphatic hydroxyl groups is 12. The molecular weight excluding hydrogens is 748 g/mol. The van der Waals surface area contributed by atoms with Gasteiger partial charge in [0, 0.05) is 17.7 Å². The van der Waals surface area contributed by atoms with Gasteiger partial charge in [0.2, 0.25) is 30.0 Å². The summed E-state index contributed by atoms with van der Waals surface area (Å²) in [5, 5.41) is 143. The molecule has 304 valence electrons. The quantitative estimate of drug-likeness (QED) is 0.0910. The van der Waals surface area contributed by atoms with Gasteiger partial charge in [-0.15, -0.1) is 0 Å². The number of benzene rings is 2. The van der Waals surface area contributed by atoms with Gasteiger partial charge in [0.05, 0.1) is 19.8 Å². The van der Waals surface area contributed by atoms with Gasteiger partial charge in [-0.1, -0.05) is 0 Å². The highest BCUT2D eigenvalue weighted by Crippen LogP contribution is 2.42. The molecule has 14 N–H and O–H groups in total. The Kier molecular flexibility index (Phi) is 12.0. The van der Waals surface area contributed by atoms with E-state index < -0.39 is 163 Å². The standard InChI is InChI=1S/C33H40O22/c34-6-15-19(39)23(43)26(46)31(52-15)50-12-2-1-9(3-13(12)51-32-27(47)24(44)20(40)16(7-35)53-32)29-30(22(42)18-11(38)4-10(37)5-14(18)49-29)55-33-28(48)25(45)21(41)17(8-36)54-33/h1-5,15-17,19-21,23-28,31-41,43-48H,6-8H2/t15-,16-,17-,19-,20-,21-,23+,24+,25+,26+,27+,28-,31-,32-,33+/m1/s1. The van der Waals surface area contributed by atoms with Crippen LogP contribution in [0.1, 0.15) is 0 Å². The van der Waals surface area contributed by atoms with E-state index in [1.54, 1.807) is 0 Å². The minimum Gasteiger partial charge on any atom is -0.508 e. The molecule has 4 heterocycles. The maximum Gasteiger partial charge on any atom is 0.239 e. The lowest BCUT2D eigenvalue weighted by atomic mass is 9.99. The molecule has 3 aliphatic heterocycles. The third-order valence-electron chi connectivity index (χ3n) is 9.39. The largest absolute Gasteiger partial charge is 0.508 e. The molecule has 3 fully saturated rings. The van der Waals surface area contributed by atoms with Crippen molar-refractivity contribution < 1.29 is 104 Å². The van der Waals surface area contributed by atoms with Gasteiger partial charge in [-0.25, -0.2) is 0 Å². The van der Waals surface area contributed by atoms with Gasteiger partial charge >= 0.3 is 0 Å². The van der Waals surface area contributed by atoms with Crippen molar-refractivity contribution in [2.24, 2.45) is 0 Å². The van der Waals surface area contributed by atoms with E-state index in [-0.39, 0.29) is 5.56 Å². The van der Waals surface area contributed by atoms with Crippen molar-refractivity contribution in [3.8, 4) is 40.1 Å². The van der Waals surface area contributed by atoms with E-state index in [0.717, 1.165) is 24.3 Å². The zero-order valence-corrected chi connectivity index (χ0v) is 28.2. The molecule has 0 spiro atoms. The van der Waals surface area contributed by atoms with Crippen LogP contribution in [0.25, 0.3) is 22.3 Å². The second-order valence-corrected chi connectivity index (χ2v) is 13.0. The summed E-state index contributed by atoms with van der Waals surface area (Å²) in [5.41, 5.74) is -1.76. The fourth-order valence-electron chi connectivity index (χ4n) is 6.26. The third kappa shape index (κ3) is 7.63. The molecule has 2 aromatic carbocycles. The molecule has 6 rings (SSSR count). The van der Waals surface area contributed by atoms with Crippen LogP contribution in [0, 0.1) is 0 Å². The van der Waals surface area contributed by atoms with Crippen molar-refractivity contribution in [3.63, 3.8) is 0 Å². The molecule has 0 saturated carbocycles. The normalized spacial score (nSPS) is 36.8. The summed E-state index contributed by atoms with van der Waals surface area (Å²) in [6.07, 6.45) is -27.1. The highest BCUT2D eigenvalue weighted by Gasteiger charge is 2.48. The lowest BCUT2D eigenvalue weighted by molar-refractivity contribution is -0.282. The second-order valence-electron chi connectivity index (χ2n) is 13.0. The maximum atomic E-state index is 14.0. The summed E-state index contributed by atoms with van der Waals surface area (Å²) in [5.74, 6) is -3.60. The van der Waals surface area contributed by atoms with E-state index in [0.29, 0.717) is 0 Å². The molecule has 3 saturated heterocycles. The Morgan fingerprint density at radius 2 is 1.00 bits per heavy atom. The van der Waals surface area contributed by atoms with Gasteiger partial charge in [-0.05, 0) is 18.2 Å². The third-order valence-corrected chi connectivity index (χ3v) is 9.39. The van der Waals surface area contributed by atoms with Gasteiger partial charge in [0.1, 0.15) is 95.7 Å². The molecule has 22 heteroatoms. The average molecular weight is 789 g/mol. The molecule has 0 bridgehead atoms. The lowest BCUT2D eigenvalue weighted by Gasteiger charge is -2.41. The predicted molar refractivity (Wildman–Crippen MR) is 174 cm³/mol. The van der Waals surface area contributed by atoms with Crippen molar-refractivity contribution in [2.75, 3.05) is 19.8 Å². The molecule has 0 radical (unpaired) electrons. The monoisotopic (exact) mass is 788 g/mol. The van der Waals surface area contributed by atoms with Crippen molar-refractivity contribution in [1.29, 1.82) is 0 Å². The summed E-state index contributed by atoms with van der Waals surface area (Å²) in [4.78, 5) is 14.0. The summed E-state index contributed by atoms with van der Waals surface area (Å²) >= 11 is 0. The van der Waals surface area contributed by atoms with E-state index >= 15 is 0 Å². The topological polar surface area (TPSA) is 369 Å². The van der Waals surface area contributed by atoms with Gasteiger partial charge in [0.25, 0.3) is 0 Å². The molecule has 3 aliphatic rings. The summed E-state index contributed by atoms with van der Waals surface area (Å²) in [6, 6.07) is 5.08. The first-order chi connectivity index (χ1) is 26.1. The van der Waals surface area contributed by atoms with Crippen LogP contribution >= 0.6 is 0 Å². The smallest absolute Gasteiger partial charge is 0.239 e. The highest BCUT2D eigenvalue weighted by molar-refractivity contribution is 5.88. The Balaban J connectivity index is 1.48. The Hall–Kier alpha value is -3.95. The summed E-state index contributed by atoms with van der Waals surface area (Å²) < 4.78 is 39.5. The molecular formula is C33H40O22. The van der Waals surface area contributed by atoms with Crippen LogP contribution in [0.5, 0.6) is 28.7 Å². The molecule has 0 unspecified atom stereocenters. The Morgan fingerprint density at radius 3 is 1.47 bits per heavy atom. The van der Waals surface area contributed by atoms with Gasteiger partial charge in [-0.2, -0.15) is 0 Å². The first-order valence-electron chi connectivity index (χ1n) is 16.7. The van der Waals surface area contributed by atoms with Crippen LogP contribution in [0.4, 0.5) is 0 Å². The zero-order valence-electron chi connectivity index (χ0n) is 28.2.